The molecule has 39 heavy (non-hydrogen) atoms. The van der Waals surface area contributed by atoms with Crippen molar-refractivity contribution in [3.05, 3.63) is 111 Å². The van der Waals surface area contributed by atoms with Gasteiger partial charge in [-0.05, 0) is 61.1 Å². The van der Waals surface area contributed by atoms with E-state index in [9.17, 15) is 18.8 Å². The predicted octanol–water partition coefficient (Wildman–Crippen LogP) is 5.79. The number of rotatable bonds is 7. The molecule has 6 nitrogen and oxygen atoms in total. The van der Waals surface area contributed by atoms with Gasteiger partial charge in [-0.25, -0.2) is 4.39 Å². The third-order valence-electron chi connectivity index (χ3n) is 7.60. The second-order valence-electron chi connectivity index (χ2n) is 10.2. The minimum atomic E-state index is -0.394. The first-order valence-electron chi connectivity index (χ1n) is 13.2. The zero-order valence-electron chi connectivity index (χ0n) is 21.2. The Bertz CT molecular complexity index is 1650. The fourth-order valence-corrected chi connectivity index (χ4v) is 5.83. The smallest absolute Gasteiger partial charge is 0.264 e. The first kappa shape index (κ1) is 25.3. The fourth-order valence-electron chi connectivity index (χ4n) is 5.57. The molecule has 1 aromatic heterocycles. The number of para-hydroxylation sites is 1. The van der Waals surface area contributed by atoms with E-state index in [0.717, 1.165) is 19.3 Å². The molecule has 0 spiro atoms. The predicted molar refractivity (Wildman–Crippen MR) is 149 cm³/mol. The van der Waals surface area contributed by atoms with Crippen molar-refractivity contribution in [3.8, 4) is 5.69 Å². The van der Waals surface area contributed by atoms with Crippen LogP contribution in [0.3, 0.4) is 0 Å². The van der Waals surface area contributed by atoms with Crippen molar-refractivity contribution in [1.82, 2.24) is 14.8 Å². The summed E-state index contributed by atoms with van der Waals surface area (Å²) in [5, 5.41) is 4.06. The van der Waals surface area contributed by atoms with Gasteiger partial charge in [0, 0.05) is 24.0 Å². The summed E-state index contributed by atoms with van der Waals surface area (Å²) in [6, 6.07) is 20.0. The summed E-state index contributed by atoms with van der Waals surface area (Å²) in [4.78, 5) is 42.6. The molecule has 1 N–H and O–H groups in total. The summed E-state index contributed by atoms with van der Waals surface area (Å²) in [6.45, 7) is 0.646. The average molecular weight is 544 g/mol. The van der Waals surface area contributed by atoms with E-state index in [0.29, 0.717) is 35.3 Å². The molecule has 2 heterocycles. The number of aromatic nitrogens is 1. The first-order chi connectivity index (χ1) is 18.9. The van der Waals surface area contributed by atoms with Gasteiger partial charge in [0.1, 0.15) is 5.82 Å². The van der Waals surface area contributed by atoms with Crippen molar-refractivity contribution in [2.45, 2.75) is 38.3 Å². The molecule has 8 heteroatoms. The number of likely N-dealkylation sites (tertiary alicyclic amines) is 1. The van der Waals surface area contributed by atoms with Gasteiger partial charge in [0.15, 0.2) is 0 Å². The van der Waals surface area contributed by atoms with Crippen LogP contribution in [0.15, 0.2) is 77.6 Å². The van der Waals surface area contributed by atoms with Crippen molar-refractivity contribution in [2.75, 3.05) is 6.54 Å². The van der Waals surface area contributed by atoms with Gasteiger partial charge in [0.05, 0.1) is 34.3 Å². The molecule has 198 valence electrons. The highest BCUT2D eigenvalue weighted by Crippen LogP contribution is 2.41. The van der Waals surface area contributed by atoms with E-state index in [2.05, 4.69) is 5.32 Å². The van der Waals surface area contributed by atoms with Crippen LogP contribution < -0.4 is 10.9 Å². The van der Waals surface area contributed by atoms with Gasteiger partial charge in [-0.2, -0.15) is 0 Å². The first-order valence-corrected chi connectivity index (χ1v) is 13.6. The number of nitrogens with zero attached hydrogens (tertiary/aromatic N) is 2. The number of halogens is 2. The summed E-state index contributed by atoms with van der Waals surface area (Å²) >= 11 is 6.57. The van der Waals surface area contributed by atoms with Crippen LogP contribution in [0.4, 0.5) is 4.39 Å². The number of hydrogen-bond donors (Lipinski definition) is 1. The lowest BCUT2D eigenvalue weighted by Gasteiger charge is -2.25. The number of carbonyl (C=O) groups excluding carboxylic acids is 2. The molecule has 2 fully saturated rings. The van der Waals surface area contributed by atoms with Crippen LogP contribution in [0.5, 0.6) is 0 Å². The Morgan fingerprint density at radius 2 is 1.79 bits per heavy atom. The number of hydrogen-bond acceptors (Lipinski definition) is 3. The van der Waals surface area contributed by atoms with Crippen molar-refractivity contribution < 1.29 is 14.0 Å². The number of benzene rings is 3. The van der Waals surface area contributed by atoms with Gasteiger partial charge in [-0.1, -0.05) is 54.1 Å². The van der Waals surface area contributed by atoms with Crippen molar-refractivity contribution in [1.29, 1.82) is 0 Å². The Kier molecular flexibility index (Phi) is 6.69. The molecule has 1 saturated carbocycles. The Balaban J connectivity index is 1.57. The van der Waals surface area contributed by atoms with E-state index in [1.54, 1.807) is 41.3 Å². The Morgan fingerprint density at radius 1 is 1.03 bits per heavy atom. The van der Waals surface area contributed by atoms with Crippen LogP contribution in [-0.4, -0.2) is 27.8 Å². The molecule has 2 aliphatic rings. The lowest BCUT2D eigenvalue weighted by atomic mass is 9.98. The molecule has 1 unspecified atom stereocenters. The molecular weight excluding hydrogens is 517 g/mol. The quantitative estimate of drug-likeness (QED) is 0.321. The minimum Gasteiger partial charge on any atom is -0.345 e. The summed E-state index contributed by atoms with van der Waals surface area (Å²) in [6.07, 6.45) is 3.00. The topological polar surface area (TPSA) is 71.4 Å². The number of fused-ring (bicyclic) bond motifs is 1. The molecule has 1 atom stereocenters. The third-order valence-corrected chi connectivity index (χ3v) is 7.91. The number of nitrogens with one attached hydrogen (secondary N) is 1. The number of carbonyl (C=O) groups is 2. The highest BCUT2D eigenvalue weighted by atomic mass is 35.5. The Hall–Kier alpha value is -3.97. The van der Waals surface area contributed by atoms with Crippen LogP contribution in [-0.2, 0) is 11.3 Å². The molecule has 3 aromatic carbocycles. The largest absolute Gasteiger partial charge is 0.345 e. The molecule has 0 bridgehead atoms. The van der Waals surface area contributed by atoms with E-state index >= 15 is 0 Å². The molecular formula is C31H27ClFN3O3. The summed E-state index contributed by atoms with van der Waals surface area (Å²) < 4.78 is 15.6. The Morgan fingerprint density at radius 3 is 2.49 bits per heavy atom. The van der Waals surface area contributed by atoms with E-state index < -0.39 is 5.91 Å². The van der Waals surface area contributed by atoms with E-state index in [1.807, 2.05) is 24.3 Å². The van der Waals surface area contributed by atoms with Crippen LogP contribution in [0, 0.1) is 11.7 Å². The maximum atomic E-state index is 14.3. The highest BCUT2D eigenvalue weighted by Gasteiger charge is 2.35. The Labute approximate surface area is 230 Å². The van der Waals surface area contributed by atoms with Gasteiger partial charge in [-0.3, -0.25) is 19.0 Å². The third kappa shape index (κ3) is 4.83. The second kappa shape index (κ2) is 10.3. The lowest BCUT2D eigenvalue weighted by Crippen LogP contribution is -2.36. The summed E-state index contributed by atoms with van der Waals surface area (Å²) in [5.41, 5.74) is 1.62. The van der Waals surface area contributed by atoms with Crippen LogP contribution in [0.2, 0.25) is 5.02 Å². The molecule has 2 amide bonds. The summed E-state index contributed by atoms with van der Waals surface area (Å²) in [7, 11) is 0. The molecule has 1 aliphatic carbocycles. The van der Waals surface area contributed by atoms with Crippen molar-refractivity contribution in [2.24, 2.45) is 5.92 Å². The maximum Gasteiger partial charge on any atom is 0.264 e. The fraction of sp³-hybridized carbons (Fsp3) is 0.258. The molecule has 4 aromatic rings. The van der Waals surface area contributed by atoms with Crippen molar-refractivity contribution >= 4 is 34.2 Å². The van der Waals surface area contributed by atoms with E-state index in [4.69, 9.17) is 11.6 Å². The standard InChI is InChI=1S/C31H27ClFN3O3/c32-24-12-5-11-23-27(24)31(39)36(22-9-2-1-3-10-22)25(18-35-16-6-13-26(35)37)28(23)30(38)34-29(19-14-15-19)20-7-4-8-21(33)17-20/h1-5,7-12,17,19,29H,6,13-16,18H2,(H,34,38). The van der Waals surface area contributed by atoms with Crippen LogP contribution in [0.1, 0.15) is 53.3 Å². The van der Waals surface area contributed by atoms with Gasteiger partial charge >= 0.3 is 0 Å². The van der Waals surface area contributed by atoms with E-state index in [-0.39, 0.29) is 51.8 Å². The highest BCUT2D eigenvalue weighted by molar-refractivity contribution is 6.36. The second-order valence-corrected chi connectivity index (χ2v) is 10.6. The van der Waals surface area contributed by atoms with Gasteiger partial charge in [0.25, 0.3) is 11.5 Å². The SMILES string of the molecule is O=C(NC(c1cccc(F)c1)C1CC1)c1c(CN2CCCC2=O)n(-c2ccccc2)c(=O)c2c(Cl)cccc12. The van der Waals surface area contributed by atoms with E-state index in [1.165, 1.54) is 16.7 Å². The minimum absolute atomic E-state index is 0.0183. The normalized spacial score (nSPS) is 16.1. The van der Waals surface area contributed by atoms with Gasteiger partial charge in [0.2, 0.25) is 5.91 Å². The molecule has 1 saturated heterocycles. The monoisotopic (exact) mass is 543 g/mol. The maximum absolute atomic E-state index is 14.3. The van der Waals surface area contributed by atoms with Gasteiger partial charge in [-0.15, -0.1) is 0 Å². The summed E-state index contributed by atoms with van der Waals surface area (Å²) in [5.74, 6) is -0.588. The zero-order valence-corrected chi connectivity index (χ0v) is 22.0. The lowest BCUT2D eigenvalue weighted by molar-refractivity contribution is -0.128. The molecule has 6 rings (SSSR count). The molecule has 0 radical (unpaired) electrons. The van der Waals surface area contributed by atoms with Crippen LogP contribution >= 0.6 is 11.6 Å². The van der Waals surface area contributed by atoms with Gasteiger partial charge < -0.3 is 10.2 Å². The number of amides is 2. The molecule has 1 aliphatic heterocycles. The van der Waals surface area contributed by atoms with Crippen LogP contribution in [0.25, 0.3) is 16.5 Å². The zero-order chi connectivity index (χ0) is 27.1. The number of pyridine rings is 1. The van der Waals surface area contributed by atoms with Crippen molar-refractivity contribution in [3.63, 3.8) is 0 Å². The average Bonchev–Trinajstić information content (AvgIpc) is 3.69.